The number of thiophene rings is 1. The molecule has 0 atom stereocenters. The highest BCUT2D eigenvalue weighted by molar-refractivity contribution is 7.09. The van der Waals surface area contributed by atoms with Crippen LogP contribution >= 0.6 is 11.3 Å². The van der Waals surface area contributed by atoms with Gasteiger partial charge in [-0.15, -0.1) is 11.3 Å². The predicted octanol–water partition coefficient (Wildman–Crippen LogP) is 4.13. The van der Waals surface area contributed by atoms with Crippen molar-refractivity contribution in [1.82, 2.24) is 19.3 Å². The summed E-state index contributed by atoms with van der Waals surface area (Å²) < 4.78 is 2.11. The molecule has 26 heavy (non-hydrogen) atoms. The van der Waals surface area contributed by atoms with E-state index in [9.17, 15) is 0 Å². The third kappa shape index (κ3) is 3.34. The summed E-state index contributed by atoms with van der Waals surface area (Å²) in [5, 5.41) is 5.49. The van der Waals surface area contributed by atoms with Gasteiger partial charge in [-0.05, 0) is 31.1 Å². The third-order valence-corrected chi connectivity index (χ3v) is 5.09. The van der Waals surface area contributed by atoms with Crippen molar-refractivity contribution in [3.05, 3.63) is 70.8 Å². The van der Waals surface area contributed by atoms with Crippen LogP contribution in [0.3, 0.4) is 0 Å². The number of nitrogens with zero attached hydrogens (tertiary/aromatic N) is 4. The molecule has 1 N–H and O–H groups in total. The molecule has 0 aliphatic rings. The zero-order chi connectivity index (χ0) is 17.9. The molecule has 0 aliphatic carbocycles. The number of rotatable bonds is 6. The van der Waals surface area contributed by atoms with Gasteiger partial charge < -0.3 is 10.2 Å². The second-order valence-electron chi connectivity index (χ2n) is 6.44. The molecule has 0 bridgehead atoms. The smallest absolute Gasteiger partial charge is 0.180 e. The Balaban J connectivity index is 1.72. The molecule has 0 fully saturated rings. The van der Waals surface area contributed by atoms with Crippen molar-refractivity contribution in [2.75, 3.05) is 19.4 Å². The molecule has 0 saturated carbocycles. The first-order valence-corrected chi connectivity index (χ1v) is 9.41. The van der Waals surface area contributed by atoms with E-state index in [2.05, 4.69) is 80.5 Å². The van der Waals surface area contributed by atoms with E-state index in [1.165, 1.54) is 16.0 Å². The van der Waals surface area contributed by atoms with Crippen molar-refractivity contribution in [1.29, 1.82) is 0 Å². The van der Waals surface area contributed by atoms with Crippen molar-refractivity contribution in [3.8, 4) is 11.3 Å². The molecular formula is C20H21N5S. The summed E-state index contributed by atoms with van der Waals surface area (Å²) in [5.74, 6) is 0.803. The van der Waals surface area contributed by atoms with Crippen LogP contribution in [0.1, 0.15) is 10.4 Å². The molecule has 5 nitrogen and oxygen atoms in total. The van der Waals surface area contributed by atoms with E-state index in [1.807, 2.05) is 18.6 Å². The third-order valence-electron chi connectivity index (χ3n) is 4.22. The average molecular weight is 363 g/mol. The molecule has 4 aromatic rings. The van der Waals surface area contributed by atoms with Crippen molar-refractivity contribution in [2.45, 2.75) is 13.1 Å². The normalized spacial score (nSPS) is 11.3. The number of hydrogen-bond acceptors (Lipinski definition) is 5. The lowest BCUT2D eigenvalue weighted by Gasteiger charge is -2.16. The number of hydrogen-bond donors (Lipinski definition) is 1. The standard InChI is InChI=1S/C20H21N5S/c1-24(2)14-15-6-3-4-8-17(15)18-13-23-19(20-21-9-10-25(18)20)22-12-16-7-5-11-26-16/h3-11,13H,12,14H2,1-2H3,(H,22,23). The Morgan fingerprint density at radius 3 is 2.81 bits per heavy atom. The number of benzene rings is 1. The van der Waals surface area contributed by atoms with Crippen LogP contribution in [-0.2, 0) is 13.1 Å². The monoisotopic (exact) mass is 363 g/mol. The van der Waals surface area contributed by atoms with E-state index < -0.39 is 0 Å². The number of fused-ring (bicyclic) bond motifs is 1. The molecule has 0 aliphatic heterocycles. The molecule has 0 saturated heterocycles. The number of nitrogens with one attached hydrogen (secondary N) is 1. The molecule has 0 radical (unpaired) electrons. The zero-order valence-corrected chi connectivity index (χ0v) is 15.7. The van der Waals surface area contributed by atoms with E-state index in [0.29, 0.717) is 0 Å². The Hall–Kier alpha value is -2.70. The first-order valence-electron chi connectivity index (χ1n) is 8.53. The van der Waals surface area contributed by atoms with Crippen LogP contribution in [0.25, 0.3) is 16.9 Å². The lowest BCUT2D eigenvalue weighted by Crippen LogP contribution is -2.12. The second-order valence-corrected chi connectivity index (χ2v) is 7.47. The lowest BCUT2D eigenvalue weighted by molar-refractivity contribution is 0.403. The van der Waals surface area contributed by atoms with Gasteiger partial charge in [-0.1, -0.05) is 30.3 Å². The van der Waals surface area contributed by atoms with Crippen LogP contribution in [0.5, 0.6) is 0 Å². The van der Waals surface area contributed by atoms with Crippen molar-refractivity contribution < 1.29 is 0 Å². The Kier molecular flexibility index (Phi) is 4.69. The SMILES string of the molecule is CN(C)Cc1ccccc1-c1cnc(NCc2cccs2)c2nccn12. The van der Waals surface area contributed by atoms with Crippen LogP contribution in [0, 0.1) is 0 Å². The van der Waals surface area contributed by atoms with E-state index >= 15 is 0 Å². The molecule has 4 rings (SSSR count). The second kappa shape index (κ2) is 7.27. The molecule has 6 heteroatoms. The van der Waals surface area contributed by atoms with Crippen LogP contribution in [0.15, 0.2) is 60.4 Å². The van der Waals surface area contributed by atoms with Gasteiger partial charge in [0.1, 0.15) is 0 Å². The molecule has 3 aromatic heterocycles. The van der Waals surface area contributed by atoms with Gasteiger partial charge in [-0.2, -0.15) is 0 Å². The largest absolute Gasteiger partial charge is 0.362 e. The molecule has 0 spiro atoms. The van der Waals surface area contributed by atoms with Gasteiger partial charge in [0, 0.05) is 29.4 Å². The summed E-state index contributed by atoms with van der Waals surface area (Å²) in [6, 6.07) is 12.6. The van der Waals surface area contributed by atoms with Gasteiger partial charge >= 0.3 is 0 Å². The topological polar surface area (TPSA) is 45.5 Å². The van der Waals surface area contributed by atoms with E-state index in [1.54, 1.807) is 11.3 Å². The summed E-state index contributed by atoms with van der Waals surface area (Å²) in [4.78, 5) is 12.6. The molecule has 0 unspecified atom stereocenters. The maximum atomic E-state index is 4.67. The minimum absolute atomic E-state index is 0.754. The first kappa shape index (κ1) is 16.8. The van der Waals surface area contributed by atoms with Crippen molar-refractivity contribution in [3.63, 3.8) is 0 Å². The predicted molar refractivity (Wildman–Crippen MR) is 107 cm³/mol. The number of anilines is 1. The van der Waals surface area contributed by atoms with Crippen molar-refractivity contribution >= 4 is 22.8 Å². The van der Waals surface area contributed by atoms with Gasteiger partial charge in [0.2, 0.25) is 0 Å². The average Bonchev–Trinajstić information content (AvgIpc) is 3.32. The lowest BCUT2D eigenvalue weighted by atomic mass is 10.0. The fraction of sp³-hybridized carbons (Fsp3) is 0.200. The molecule has 1 aromatic carbocycles. The summed E-state index contributed by atoms with van der Waals surface area (Å²) >= 11 is 1.74. The number of imidazole rings is 1. The summed E-state index contributed by atoms with van der Waals surface area (Å²) in [6.45, 7) is 1.63. The Labute approximate surface area is 157 Å². The van der Waals surface area contributed by atoms with Crippen LogP contribution in [0.4, 0.5) is 5.82 Å². The highest BCUT2D eigenvalue weighted by Crippen LogP contribution is 2.27. The van der Waals surface area contributed by atoms with Gasteiger partial charge in [-0.25, -0.2) is 9.97 Å². The Morgan fingerprint density at radius 2 is 2.00 bits per heavy atom. The summed E-state index contributed by atoms with van der Waals surface area (Å²) in [5.41, 5.74) is 4.35. The first-order chi connectivity index (χ1) is 12.7. The molecule has 0 amide bonds. The minimum Gasteiger partial charge on any atom is -0.362 e. The van der Waals surface area contributed by atoms with E-state index in [4.69, 9.17) is 0 Å². The van der Waals surface area contributed by atoms with Gasteiger partial charge in [0.25, 0.3) is 0 Å². The quantitative estimate of drug-likeness (QED) is 0.559. The Bertz CT molecular complexity index is 1000. The highest BCUT2D eigenvalue weighted by Gasteiger charge is 2.13. The maximum absolute atomic E-state index is 4.67. The van der Waals surface area contributed by atoms with Crippen LogP contribution in [0.2, 0.25) is 0 Å². The summed E-state index contributed by atoms with van der Waals surface area (Å²) in [7, 11) is 4.17. The minimum atomic E-state index is 0.754. The van der Waals surface area contributed by atoms with Crippen LogP contribution < -0.4 is 5.32 Å². The van der Waals surface area contributed by atoms with Gasteiger partial charge in [-0.3, -0.25) is 4.40 Å². The fourth-order valence-electron chi connectivity index (χ4n) is 3.08. The van der Waals surface area contributed by atoms with Crippen LogP contribution in [-0.4, -0.2) is 33.4 Å². The summed E-state index contributed by atoms with van der Waals surface area (Å²) in [6.07, 6.45) is 5.75. The highest BCUT2D eigenvalue weighted by atomic mass is 32.1. The Morgan fingerprint density at radius 1 is 1.12 bits per heavy atom. The molecule has 3 heterocycles. The maximum Gasteiger partial charge on any atom is 0.180 e. The van der Waals surface area contributed by atoms with Gasteiger partial charge in [0.05, 0.1) is 18.4 Å². The van der Waals surface area contributed by atoms with Crippen molar-refractivity contribution in [2.24, 2.45) is 0 Å². The molecule has 132 valence electrons. The molecular weight excluding hydrogens is 342 g/mol. The van der Waals surface area contributed by atoms with Gasteiger partial charge in [0.15, 0.2) is 11.5 Å². The van der Waals surface area contributed by atoms with E-state index in [-0.39, 0.29) is 0 Å². The zero-order valence-electron chi connectivity index (χ0n) is 14.9. The van der Waals surface area contributed by atoms with E-state index in [0.717, 1.165) is 30.2 Å². The fourth-order valence-corrected chi connectivity index (χ4v) is 3.72. The number of aromatic nitrogens is 3.